The van der Waals surface area contributed by atoms with Crippen molar-refractivity contribution in [2.75, 3.05) is 0 Å². The second-order valence-corrected chi connectivity index (χ2v) is 5.67. The third kappa shape index (κ3) is 1.67. The molecule has 3 aromatic rings. The van der Waals surface area contributed by atoms with Crippen LogP contribution in [-0.2, 0) is 13.0 Å². The second-order valence-electron chi connectivity index (χ2n) is 5.67. The highest BCUT2D eigenvalue weighted by molar-refractivity contribution is 5.91. The van der Waals surface area contributed by atoms with Crippen molar-refractivity contribution < 1.29 is 0 Å². The van der Waals surface area contributed by atoms with Gasteiger partial charge in [0, 0.05) is 23.4 Å². The van der Waals surface area contributed by atoms with E-state index in [1.165, 1.54) is 16.3 Å². The summed E-state index contributed by atoms with van der Waals surface area (Å²) in [6.45, 7) is 4.48. The van der Waals surface area contributed by atoms with Gasteiger partial charge in [0.1, 0.15) is 5.82 Å². The fourth-order valence-electron chi connectivity index (χ4n) is 3.21. The van der Waals surface area contributed by atoms with Crippen LogP contribution in [0.1, 0.15) is 16.8 Å². The van der Waals surface area contributed by atoms with E-state index < -0.39 is 0 Å². The molecule has 2 heterocycles. The molecule has 2 aromatic carbocycles. The van der Waals surface area contributed by atoms with Crippen LogP contribution in [0.15, 0.2) is 41.2 Å². The molecule has 0 amide bonds. The van der Waals surface area contributed by atoms with Crippen LogP contribution < -0.4 is 5.56 Å². The van der Waals surface area contributed by atoms with Gasteiger partial charge in [0.05, 0.1) is 0 Å². The molecular formula is C18H16N2O. The van der Waals surface area contributed by atoms with Crippen molar-refractivity contribution in [3.05, 3.63) is 63.6 Å². The summed E-state index contributed by atoms with van der Waals surface area (Å²) in [5.41, 5.74) is 4.08. The first kappa shape index (κ1) is 12.3. The Balaban J connectivity index is 2.10. The molecule has 0 unspecified atom stereocenters. The van der Waals surface area contributed by atoms with E-state index in [-0.39, 0.29) is 5.56 Å². The highest BCUT2D eigenvalue weighted by Crippen LogP contribution is 2.32. The lowest BCUT2D eigenvalue weighted by Crippen LogP contribution is -2.30. The van der Waals surface area contributed by atoms with E-state index >= 15 is 0 Å². The molecule has 104 valence electrons. The first-order valence-corrected chi connectivity index (χ1v) is 7.26. The number of benzene rings is 2. The highest BCUT2D eigenvalue weighted by atomic mass is 16.1. The minimum atomic E-state index is 0.0938. The minimum Gasteiger partial charge on any atom is -0.292 e. The van der Waals surface area contributed by atoms with Crippen molar-refractivity contribution in [3.63, 3.8) is 0 Å². The van der Waals surface area contributed by atoms with Crippen LogP contribution in [0, 0.1) is 13.8 Å². The molecule has 1 aromatic heterocycles. The maximum Gasteiger partial charge on any atom is 0.256 e. The Morgan fingerprint density at radius 3 is 2.76 bits per heavy atom. The maximum atomic E-state index is 12.4. The summed E-state index contributed by atoms with van der Waals surface area (Å²) in [5, 5.41) is 2.52. The average molecular weight is 276 g/mol. The maximum absolute atomic E-state index is 12.4. The predicted octanol–water partition coefficient (Wildman–Crippen LogP) is 3.24. The van der Waals surface area contributed by atoms with Crippen molar-refractivity contribution in [2.24, 2.45) is 0 Å². The molecule has 0 N–H and O–H groups in total. The van der Waals surface area contributed by atoms with Gasteiger partial charge in [-0.3, -0.25) is 9.36 Å². The lowest BCUT2D eigenvalue weighted by atomic mass is 9.93. The van der Waals surface area contributed by atoms with Gasteiger partial charge in [-0.25, -0.2) is 4.98 Å². The zero-order chi connectivity index (χ0) is 14.6. The van der Waals surface area contributed by atoms with Crippen LogP contribution in [-0.4, -0.2) is 9.55 Å². The number of fused-ring (bicyclic) bond motifs is 5. The first-order chi connectivity index (χ1) is 10.2. The Bertz CT molecular complexity index is 938. The summed E-state index contributed by atoms with van der Waals surface area (Å²) >= 11 is 0. The molecule has 0 saturated carbocycles. The van der Waals surface area contributed by atoms with E-state index in [0.29, 0.717) is 6.54 Å². The highest BCUT2D eigenvalue weighted by Gasteiger charge is 2.21. The quantitative estimate of drug-likeness (QED) is 0.632. The van der Waals surface area contributed by atoms with Gasteiger partial charge in [-0.15, -0.1) is 0 Å². The van der Waals surface area contributed by atoms with E-state index in [4.69, 9.17) is 0 Å². The van der Waals surface area contributed by atoms with Crippen molar-refractivity contribution in [1.82, 2.24) is 9.55 Å². The van der Waals surface area contributed by atoms with Crippen molar-refractivity contribution in [2.45, 2.75) is 26.8 Å². The summed E-state index contributed by atoms with van der Waals surface area (Å²) in [7, 11) is 0. The summed E-state index contributed by atoms with van der Waals surface area (Å²) in [5.74, 6) is 0.815. The molecule has 21 heavy (non-hydrogen) atoms. The Hall–Kier alpha value is -2.42. The molecule has 0 radical (unpaired) electrons. The number of rotatable bonds is 0. The van der Waals surface area contributed by atoms with Crippen LogP contribution in [0.2, 0.25) is 0 Å². The van der Waals surface area contributed by atoms with Gasteiger partial charge in [0.15, 0.2) is 0 Å². The van der Waals surface area contributed by atoms with Gasteiger partial charge in [-0.2, -0.15) is 0 Å². The van der Waals surface area contributed by atoms with Crippen LogP contribution in [0.4, 0.5) is 0 Å². The molecule has 4 rings (SSSR count). The molecule has 0 fully saturated rings. The monoisotopic (exact) mass is 276 g/mol. The molecule has 0 spiro atoms. The van der Waals surface area contributed by atoms with Gasteiger partial charge in [0.25, 0.3) is 5.56 Å². The van der Waals surface area contributed by atoms with Crippen LogP contribution in [0.25, 0.3) is 22.2 Å². The summed E-state index contributed by atoms with van der Waals surface area (Å²) in [6.07, 6.45) is 0.883. The van der Waals surface area contributed by atoms with Gasteiger partial charge in [-0.05, 0) is 36.6 Å². The number of hydrogen-bond donors (Lipinski definition) is 0. The second kappa shape index (κ2) is 4.29. The summed E-state index contributed by atoms with van der Waals surface area (Å²) in [6, 6.07) is 12.6. The van der Waals surface area contributed by atoms with E-state index in [1.807, 2.05) is 18.4 Å². The molecule has 3 heteroatoms. The van der Waals surface area contributed by atoms with E-state index in [9.17, 15) is 4.79 Å². The van der Waals surface area contributed by atoms with Crippen molar-refractivity contribution in [3.8, 4) is 11.4 Å². The van der Waals surface area contributed by atoms with Gasteiger partial charge in [-0.1, -0.05) is 36.4 Å². The normalized spacial score (nSPS) is 13.0. The Kier molecular flexibility index (Phi) is 2.52. The van der Waals surface area contributed by atoms with Crippen LogP contribution in [0.3, 0.4) is 0 Å². The molecular weight excluding hydrogens is 260 g/mol. The third-order valence-corrected chi connectivity index (χ3v) is 4.50. The molecule has 1 aliphatic rings. The molecule has 1 aliphatic heterocycles. The van der Waals surface area contributed by atoms with Crippen molar-refractivity contribution in [1.29, 1.82) is 0 Å². The molecule has 3 nitrogen and oxygen atoms in total. The Labute approximate surface area is 122 Å². The van der Waals surface area contributed by atoms with E-state index in [0.717, 1.165) is 29.1 Å². The smallest absolute Gasteiger partial charge is 0.256 e. The molecule has 0 saturated heterocycles. The zero-order valence-corrected chi connectivity index (χ0v) is 12.2. The third-order valence-electron chi connectivity index (χ3n) is 4.50. The molecule has 0 bridgehead atoms. The van der Waals surface area contributed by atoms with Crippen molar-refractivity contribution >= 4 is 10.8 Å². The lowest BCUT2D eigenvalue weighted by molar-refractivity contribution is 0.639. The standard InChI is InChI=1S/C18H16N2O/c1-11-12(2)19-17-16-8-7-13-5-3-4-6-14(13)15(16)9-10-20(17)18(11)21/h3-8H,9-10H2,1-2H3. The number of hydrogen-bond acceptors (Lipinski definition) is 2. The minimum absolute atomic E-state index is 0.0938. The topological polar surface area (TPSA) is 34.9 Å². The van der Waals surface area contributed by atoms with E-state index in [2.05, 4.69) is 41.4 Å². The van der Waals surface area contributed by atoms with Crippen LogP contribution >= 0.6 is 0 Å². The number of aryl methyl sites for hydroxylation is 2. The fraction of sp³-hybridized carbons (Fsp3) is 0.222. The molecule has 0 atom stereocenters. The van der Waals surface area contributed by atoms with E-state index in [1.54, 1.807) is 0 Å². The van der Waals surface area contributed by atoms with Gasteiger partial charge >= 0.3 is 0 Å². The summed E-state index contributed by atoms with van der Waals surface area (Å²) < 4.78 is 1.82. The van der Waals surface area contributed by atoms with Gasteiger partial charge < -0.3 is 0 Å². The summed E-state index contributed by atoms with van der Waals surface area (Å²) in [4.78, 5) is 17.1. The SMILES string of the molecule is Cc1nc2n(c(=O)c1C)CCc1c-2ccc2ccccc12. The number of aromatic nitrogens is 2. The first-order valence-electron chi connectivity index (χ1n) is 7.26. The predicted molar refractivity (Wildman–Crippen MR) is 84.6 cm³/mol. The lowest BCUT2D eigenvalue weighted by Gasteiger charge is -2.23. The Morgan fingerprint density at radius 1 is 1.10 bits per heavy atom. The Morgan fingerprint density at radius 2 is 1.90 bits per heavy atom. The molecule has 0 aliphatic carbocycles. The average Bonchev–Trinajstić information content (AvgIpc) is 2.52. The zero-order valence-electron chi connectivity index (χ0n) is 12.2. The van der Waals surface area contributed by atoms with Gasteiger partial charge in [0.2, 0.25) is 0 Å². The number of nitrogens with zero attached hydrogens (tertiary/aromatic N) is 2. The van der Waals surface area contributed by atoms with Crippen LogP contribution in [0.5, 0.6) is 0 Å². The fourth-order valence-corrected chi connectivity index (χ4v) is 3.21. The largest absolute Gasteiger partial charge is 0.292 e.